The van der Waals surface area contributed by atoms with Crippen LogP contribution in [0.15, 0.2) is 48.5 Å². The molecule has 0 unspecified atom stereocenters. The lowest BCUT2D eigenvalue weighted by atomic mass is 10.2. The fraction of sp³-hybridized carbons (Fsp3) is 0.133. The molecule has 1 heterocycles. The standard InChI is InChI=1S/C15H13N5O3/c1-23-14-8-2-11(3-9-14)10-19-17-15(16-18-19)12-4-6-13(7-5-12)20(21)22/h2-9H,10H2,1H3. The van der Waals surface area contributed by atoms with E-state index in [2.05, 4.69) is 15.4 Å². The number of nitro groups is 1. The molecule has 3 aromatic rings. The Balaban J connectivity index is 1.75. The summed E-state index contributed by atoms with van der Waals surface area (Å²) in [7, 11) is 1.62. The van der Waals surface area contributed by atoms with E-state index in [-0.39, 0.29) is 5.69 Å². The summed E-state index contributed by atoms with van der Waals surface area (Å²) in [5, 5.41) is 22.9. The van der Waals surface area contributed by atoms with Crippen LogP contribution in [0.5, 0.6) is 5.75 Å². The molecule has 116 valence electrons. The third-order valence-corrected chi connectivity index (χ3v) is 3.27. The summed E-state index contributed by atoms with van der Waals surface area (Å²) in [6, 6.07) is 13.6. The van der Waals surface area contributed by atoms with Gasteiger partial charge < -0.3 is 4.74 Å². The van der Waals surface area contributed by atoms with Gasteiger partial charge in [-0.2, -0.15) is 4.80 Å². The molecule has 0 aliphatic carbocycles. The third kappa shape index (κ3) is 3.31. The van der Waals surface area contributed by atoms with E-state index < -0.39 is 4.92 Å². The van der Waals surface area contributed by atoms with Gasteiger partial charge in [-0.3, -0.25) is 10.1 Å². The number of hydrogen-bond donors (Lipinski definition) is 0. The van der Waals surface area contributed by atoms with Gasteiger partial charge in [0.25, 0.3) is 5.69 Å². The molecule has 8 heteroatoms. The second kappa shape index (κ2) is 6.22. The topological polar surface area (TPSA) is 96.0 Å². The molecule has 2 aromatic carbocycles. The van der Waals surface area contributed by atoms with E-state index in [0.717, 1.165) is 11.3 Å². The highest BCUT2D eigenvalue weighted by Crippen LogP contribution is 2.18. The second-order valence-electron chi connectivity index (χ2n) is 4.80. The van der Waals surface area contributed by atoms with E-state index in [0.29, 0.717) is 17.9 Å². The van der Waals surface area contributed by atoms with E-state index >= 15 is 0 Å². The lowest BCUT2D eigenvalue weighted by molar-refractivity contribution is -0.384. The highest BCUT2D eigenvalue weighted by atomic mass is 16.6. The minimum atomic E-state index is -0.447. The van der Waals surface area contributed by atoms with Crippen molar-refractivity contribution >= 4 is 5.69 Å². The van der Waals surface area contributed by atoms with Crippen molar-refractivity contribution in [1.82, 2.24) is 20.2 Å². The van der Waals surface area contributed by atoms with Crippen LogP contribution in [0.4, 0.5) is 5.69 Å². The highest BCUT2D eigenvalue weighted by molar-refractivity contribution is 5.56. The van der Waals surface area contributed by atoms with Gasteiger partial charge in [0.15, 0.2) is 0 Å². The number of non-ortho nitro benzene ring substituents is 1. The number of ether oxygens (including phenoxy) is 1. The largest absolute Gasteiger partial charge is 0.497 e. The van der Waals surface area contributed by atoms with Gasteiger partial charge in [-0.1, -0.05) is 12.1 Å². The Kier molecular flexibility index (Phi) is 3.96. The first-order valence-corrected chi connectivity index (χ1v) is 6.81. The summed E-state index contributed by atoms with van der Waals surface area (Å²) in [6.07, 6.45) is 0. The monoisotopic (exact) mass is 311 g/mol. The minimum absolute atomic E-state index is 0.0272. The smallest absolute Gasteiger partial charge is 0.269 e. The second-order valence-corrected chi connectivity index (χ2v) is 4.80. The first-order valence-electron chi connectivity index (χ1n) is 6.81. The summed E-state index contributed by atoms with van der Waals surface area (Å²) < 4.78 is 5.11. The Morgan fingerprint density at radius 1 is 1.13 bits per heavy atom. The average molecular weight is 311 g/mol. The number of aromatic nitrogens is 4. The number of nitro benzene ring substituents is 1. The van der Waals surface area contributed by atoms with Crippen LogP contribution in [-0.4, -0.2) is 32.2 Å². The zero-order valence-corrected chi connectivity index (χ0v) is 12.3. The maximum Gasteiger partial charge on any atom is 0.269 e. The highest BCUT2D eigenvalue weighted by Gasteiger charge is 2.09. The Morgan fingerprint density at radius 2 is 1.83 bits per heavy atom. The zero-order chi connectivity index (χ0) is 16.2. The van der Waals surface area contributed by atoms with Crippen molar-refractivity contribution in [3.05, 3.63) is 64.2 Å². The van der Waals surface area contributed by atoms with Gasteiger partial charge in [0.1, 0.15) is 5.75 Å². The lowest BCUT2D eigenvalue weighted by Crippen LogP contribution is -2.03. The average Bonchev–Trinajstić information content (AvgIpc) is 3.04. The summed E-state index contributed by atoms with van der Waals surface area (Å²) in [5.74, 6) is 1.21. The van der Waals surface area contributed by atoms with Gasteiger partial charge in [-0.05, 0) is 35.0 Å². The fourth-order valence-electron chi connectivity index (χ4n) is 2.05. The number of methoxy groups -OCH3 is 1. The molecule has 0 N–H and O–H groups in total. The zero-order valence-electron chi connectivity index (χ0n) is 12.3. The third-order valence-electron chi connectivity index (χ3n) is 3.27. The van der Waals surface area contributed by atoms with Gasteiger partial charge in [0.2, 0.25) is 5.82 Å². The molecule has 0 aliphatic rings. The predicted molar refractivity (Wildman–Crippen MR) is 82.0 cm³/mol. The van der Waals surface area contributed by atoms with Crippen LogP contribution in [0.2, 0.25) is 0 Å². The number of rotatable bonds is 5. The van der Waals surface area contributed by atoms with Crippen LogP contribution in [0.1, 0.15) is 5.56 Å². The van der Waals surface area contributed by atoms with Crippen molar-refractivity contribution in [3.63, 3.8) is 0 Å². The molecule has 23 heavy (non-hydrogen) atoms. The van der Waals surface area contributed by atoms with Crippen molar-refractivity contribution in [2.75, 3.05) is 7.11 Å². The van der Waals surface area contributed by atoms with E-state index in [9.17, 15) is 10.1 Å². The molecule has 3 rings (SSSR count). The van der Waals surface area contributed by atoms with Gasteiger partial charge in [0.05, 0.1) is 18.6 Å². The maximum absolute atomic E-state index is 10.7. The quantitative estimate of drug-likeness (QED) is 0.530. The molecule has 8 nitrogen and oxygen atoms in total. The Bertz CT molecular complexity index is 812. The number of benzene rings is 2. The van der Waals surface area contributed by atoms with Crippen LogP contribution in [0.25, 0.3) is 11.4 Å². The van der Waals surface area contributed by atoms with Crippen molar-refractivity contribution in [2.24, 2.45) is 0 Å². The van der Waals surface area contributed by atoms with Gasteiger partial charge >= 0.3 is 0 Å². The summed E-state index contributed by atoms with van der Waals surface area (Å²) in [5.41, 5.74) is 1.72. The molecule has 0 spiro atoms. The fourth-order valence-corrected chi connectivity index (χ4v) is 2.05. The molecule has 1 aromatic heterocycles. The number of nitrogens with zero attached hydrogens (tertiary/aromatic N) is 5. The molecular weight excluding hydrogens is 298 g/mol. The van der Waals surface area contributed by atoms with E-state index in [4.69, 9.17) is 4.74 Å². The van der Waals surface area contributed by atoms with Gasteiger partial charge in [0, 0.05) is 17.7 Å². The van der Waals surface area contributed by atoms with Crippen molar-refractivity contribution in [2.45, 2.75) is 6.54 Å². The first kappa shape index (κ1) is 14.6. The Labute approximate surface area is 131 Å². The normalized spacial score (nSPS) is 10.5. The first-order chi connectivity index (χ1) is 11.2. The number of tetrazole rings is 1. The van der Waals surface area contributed by atoms with Crippen LogP contribution in [0, 0.1) is 10.1 Å². The van der Waals surface area contributed by atoms with Crippen LogP contribution >= 0.6 is 0 Å². The van der Waals surface area contributed by atoms with Crippen LogP contribution in [0.3, 0.4) is 0 Å². The van der Waals surface area contributed by atoms with E-state index in [1.54, 1.807) is 19.2 Å². The molecule has 0 aliphatic heterocycles. The molecule has 0 atom stereocenters. The van der Waals surface area contributed by atoms with Crippen molar-refractivity contribution in [3.8, 4) is 17.1 Å². The van der Waals surface area contributed by atoms with Gasteiger partial charge in [-0.25, -0.2) is 0 Å². The SMILES string of the molecule is COc1ccc(Cn2nnc(-c3ccc([N+](=O)[O-])cc3)n2)cc1. The predicted octanol–water partition coefficient (Wildman–Crippen LogP) is 2.31. The lowest BCUT2D eigenvalue weighted by Gasteiger charge is -2.02. The Morgan fingerprint density at radius 3 is 2.43 bits per heavy atom. The number of hydrogen-bond acceptors (Lipinski definition) is 6. The summed E-state index contributed by atoms with van der Waals surface area (Å²) in [4.78, 5) is 11.7. The van der Waals surface area contributed by atoms with Crippen LogP contribution in [-0.2, 0) is 6.54 Å². The van der Waals surface area contributed by atoms with Crippen LogP contribution < -0.4 is 4.74 Å². The van der Waals surface area contributed by atoms with E-state index in [1.165, 1.54) is 16.9 Å². The van der Waals surface area contributed by atoms with Crippen molar-refractivity contribution in [1.29, 1.82) is 0 Å². The molecule has 0 radical (unpaired) electrons. The molecular formula is C15H13N5O3. The van der Waals surface area contributed by atoms with E-state index in [1.807, 2.05) is 24.3 Å². The molecule has 0 amide bonds. The Hall–Kier alpha value is -3.29. The molecule has 0 saturated heterocycles. The molecule has 0 bridgehead atoms. The van der Waals surface area contributed by atoms with Crippen molar-refractivity contribution < 1.29 is 9.66 Å². The minimum Gasteiger partial charge on any atom is -0.497 e. The molecule has 0 saturated carbocycles. The van der Waals surface area contributed by atoms with Gasteiger partial charge in [-0.15, -0.1) is 10.2 Å². The molecule has 0 fully saturated rings. The summed E-state index contributed by atoms with van der Waals surface area (Å²) in [6.45, 7) is 0.476. The maximum atomic E-state index is 10.7. The summed E-state index contributed by atoms with van der Waals surface area (Å²) >= 11 is 0.